The number of carbonyl (C=O) groups is 1. The van der Waals surface area contributed by atoms with Crippen LogP contribution >= 0.6 is 0 Å². The Morgan fingerprint density at radius 2 is 1.88 bits per heavy atom. The van der Waals surface area contributed by atoms with Crippen LogP contribution in [0.4, 0.5) is 19.0 Å². The zero-order valence-corrected chi connectivity index (χ0v) is 18.6. The molecule has 1 aliphatic carbocycles. The van der Waals surface area contributed by atoms with Crippen LogP contribution in [0.15, 0.2) is 36.9 Å². The lowest BCUT2D eigenvalue weighted by molar-refractivity contribution is -0.141. The van der Waals surface area contributed by atoms with Crippen molar-refractivity contribution in [2.45, 2.75) is 44.9 Å². The normalized spacial score (nSPS) is 24.0. The van der Waals surface area contributed by atoms with Gasteiger partial charge in [0.05, 0.1) is 30.8 Å². The number of hydrogen-bond donors (Lipinski definition) is 1. The van der Waals surface area contributed by atoms with E-state index in [1.807, 2.05) is 4.90 Å². The highest BCUT2D eigenvalue weighted by Gasteiger charge is 2.51. The Morgan fingerprint density at radius 3 is 2.59 bits per heavy atom. The molecule has 0 aromatic carbocycles. The lowest BCUT2D eigenvalue weighted by Crippen LogP contribution is -2.64. The Labute approximate surface area is 193 Å². The third-order valence-corrected chi connectivity index (χ3v) is 6.75. The Bertz CT molecular complexity index is 1190. The fourth-order valence-corrected chi connectivity index (χ4v) is 4.85. The van der Waals surface area contributed by atoms with E-state index in [9.17, 15) is 18.0 Å². The number of halogens is 3. The molecule has 0 radical (unpaired) electrons. The molecule has 3 aliphatic rings. The number of fused-ring (bicyclic) bond motifs is 2. The number of rotatable bonds is 5. The molecular weight excluding hydrogens is 449 g/mol. The van der Waals surface area contributed by atoms with Gasteiger partial charge in [0.1, 0.15) is 11.5 Å². The van der Waals surface area contributed by atoms with Crippen molar-refractivity contribution in [3.05, 3.63) is 54.0 Å². The molecule has 0 spiro atoms. The molecule has 1 unspecified atom stereocenters. The molecule has 3 aromatic heterocycles. The molecule has 5 heterocycles. The fraction of sp³-hybridized carbons (Fsp3) is 0.455. The molecule has 2 atom stereocenters. The van der Waals surface area contributed by atoms with Crippen molar-refractivity contribution in [2.24, 2.45) is 11.8 Å². The third-order valence-electron chi connectivity index (χ3n) is 6.75. The van der Waals surface area contributed by atoms with Gasteiger partial charge in [-0.2, -0.15) is 23.4 Å². The number of alkyl halides is 3. The minimum Gasteiger partial charge on any atom is -0.367 e. The van der Waals surface area contributed by atoms with Gasteiger partial charge in [0.25, 0.3) is 5.91 Å². The second kappa shape index (κ2) is 8.33. The van der Waals surface area contributed by atoms with Gasteiger partial charge in [-0.1, -0.05) is 6.92 Å². The predicted octanol–water partition coefficient (Wildman–Crippen LogP) is 3.13. The molecule has 178 valence electrons. The van der Waals surface area contributed by atoms with Crippen LogP contribution < -0.4 is 5.32 Å². The standard InChI is InChI=1S/C22H23F3N8O/c1-12-3-4-16(33-28-5-6-29-33)20(30-12)21(34)32-15-7-14(8-15)13(2)17(32)9-27-19-11-26-10-18(31-19)22(23,24)25/h3-6,10-11,13-15,17H,7-9H2,1-2H3,(H,27,31)/t13-,14?,15?,17?/m1/s1. The smallest absolute Gasteiger partial charge is 0.367 e. The van der Waals surface area contributed by atoms with Crippen LogP contribution in [0.5, 0.6) is 0 Å². The SMILES string of the molecule is Cc1ccc(-n2nccn2)c(C(=O)N2C3CC(C3)[C@@H](C)C2CNc2cncc(C(F)(F)F)n2)n1. The predicted molar refractivity (Wildman–Crippen MR) is 115 cm³/mol. The van der Waals surface area contributed by atoms with Crippen LogP contribution in [-0.4, -0.2) is 59.4 Å². The fourth-order valence-electron chi connectivity index (χ4n) is 4.85. The first-order valence-corrected chi connectivity index (χ1v) is 11.0. The molecule has 12 heteroatoms. The number of piperidine rings is 2. The second-order valence-corrected chi connectivity index (χ2v) is 8.83. The molecule has 6 rings (SSSR count). The number of anilines is 1. The average Bonchev–Trinajstić information content (AvgIpc) is 3.31. The summed E-state index contributed by atoms with van der Waals surface area (Å²) in [5, 5.41) is 11.3. The molecule has 34 heavy (non-hydrogen) atoms. The maximum atomic E-state index is 13.8. The molecule has 3 aromatic rings. The summed E-state index contributed by atoms with van der Waals surface area (Å²) in [6.07, 6.45) is 2.20. The van der Waals surface area contributed by atoms with Gasteiger partial charge in [0.2, 0.25) is 0 Å². The first-order valence-electron chi connectivity index (χ1n) is 11.0. The van der Waals surface area contributed by atoms with Crippen molar-refractivity contribution < 1.29 is 18.0 Å². The minimum atomic E-state index is -4.58. The van der Waals surface area contributed by atoms with Crippen LogP contribution in [0.1, 0.15) is 41.6 Å². The van der Waals surface area contributed by atoms with E-state index in [-0.39, 0.29) is 42.0 Å². The maximum absolute atomic E-state index is 13.8. The van der Waals surface area contributed by atoms with Crippen molar-refractivity contribution in [3.8, 4) is 5.69 Å². The van der Waals surface area contributed by atoms with E-state index in [0.29, 0.717) is 23.5 Å². The van der Waals surface area contributed by atoms with Gasteiger partial charge in [-0.3, -0.25) is 9.78 Å². The van der Waals surface area contributed by atoms with Crippen LogP contribution in [0.2, 0.25) is 0 Å². The van der Waals surface area contributed by atoms with Crippen LogP contribution in [0.25, 0.3) is 5.69 Å². The van der Waals surface area contributed by atoms with Gasteiger partial charge in [0, 0.05) is 18.3 Å². The summed E-state index contributed by atoms with van der Waals surface area (Å²) in [6, 6.07) is 3.35. The number of hydrogen-bond acceptors (Lipinski definition) is 7. The molecule has 1 saturated carbocycles. The Morgan fingerprint density at radius 1 is 1.15 bits per heavy atom. The number of aromatic nitrogens is 6. The van der Waals surface area contributed by atoms with Gasteiger partial charge in [0.15, 0.2) is 11.4 Å². The number of nitrogens with one attached hydrogen (secondary N) is 1. The number of aryl methyl sites for hydroxylation is 1. The number of carbonyl (C=O) groups excluding carboxylic acids is 1. The summed E-state index contributed by atoms with van der Waals surface area (Å²) < 4.78 is 39.1. The summed E-state index contributed by atoms with van der Waals surface area (Å²) in [5.74, 6) is 0.388. The number of amides is 1. The lowest BCUT2D eigenvalue weighted by Gasteiger charge is -2.57. The van der Waals surface area contributed by atoms with Crippen molar-refractivity contribution in [1.29, 1.82) is 0 Å². The van der Waals surface area contributed by atoms with E-state index in [2.05, 4.69) is 37.4 Å². The topological polar surface area (TPSA) is 102 Å². The monoisotopic (exact) mass is 472 g/mol. The minimum absolute atomic E-state index is 0.0174. The van der Waals surface area contributed by atoms with E-state index in [0.717, 1.165) is 12.8 Å². The summed E-state index contributed by atoms with van der Waals surface area (Å²) in [5.41, 5.74) is 0.345. The molecule has 2 aliphatic heterocycles. The summed E-state index contributed by atoms with van der Waals surface area (Å²) in [6.45, 7) is 4.13. The highest BCUT2D eigenvalue weighted by atomic mass is 19.4. The van der Waals surface area contributed by atoms with Gasteiger partial charge in [-0.25, -0.2) is 9.97 Å². The van der Waals surface area contributed by atoms with E-state index < -0.39 is 11.9 Å². The highest BCUT2D eigenvalue weighted by Crippen LogP contribution is 2.47. The Hall–Kier alpha value is -3.57. The molecule has 2 saturated heterocycles. The van der Waals surface area contributed by atoms with E-state index in [1.54, 1.807) is 19.1 Å². The van der Waals surface area contributed by atoms with Gasteiger partial charge in [-0.15, -0.1) is 4.80 Å². The van der Waals surface area contributed by atoms with Crippen molar-refractivity contribution in [3.63, 3.8) is 0 Å². The summed E-state index contributed by atoms with van der Waals surface area (Å²) >= 11 is 0. The Kier molecular flexibility index (Phi) is 5.45. The zero-order chi connectivity index (χ0) is 24.0. The lowest BCUT2D eigenvalue weighted by atomic mass is 9.64. The number of nitrogens with zero attached hydrogens (tertiary/aromatic N) is 7. The molecule has 3 fully saturated rings. The molecular formula is C22H23F3N8O. The van der Waals surface area contributed by atoms with Crippen molar-refractivity contribution in [2.75, 3.05) is 11.9 Å². The number of pyridine rings is 1. The van der Waals surface area contributed by atoms with Crippen molar-refractivity contribution >= 4 is 11.7 Å². The largest absolute Gasteiger partial charge is 0.434 e. The molecule has 2 bridgehead atoms. The highest BCUT2D eigenvalue weighted by molar-refractivity contribution is 5.96. The van der Waals surface area contributed by atoms with Gasteiger partial charge in [-0.05, 0) is 43.7 Å². The average molecular weight is 472 g/mol. The van der Waals surface area contributed by atoms with E-state index in [4.69, 9.17) is 0 Å². The molecule has 1 amide bonds. The van der Waals surface area contributed by atoms with Crippen LogP contribution in [0.3, 0.4) is 0 Å². The van der Waals surface area contributed by atoms with Crippen LogP contribution in [-0.2, 0) is 6.18 Å². The van der Waals surface area contributed by atoms with Crippen LogP contribution in [0, 0.1) is 18.8 Å². The first-order chi connectivity index (χ1) is 16.2. The Balaban J connectivity index is 1.43. The van der Waals surface area contributed by atoms with Gasteiger partial charge < -0.3 is 10.2 Å². The zero-order valence-electron chi connectivity index (χ0n) is 18.6. The summed E-state index contributed by atoms with van der Waals surface area (Å²) in [4.78, 5) is 28.8. The van der Waals surface area contributed by atoms with E-state index in [1.165, 1.54) is 23.4 Å². The van der Waals surface area contributed by atoms with Crippen molar-refractivity contribution in [1.82, 2.24) is 34.8 Å². The van der Waals surface area contributed by atoms with E-state index >= 15 is 0 Å². The maximum Gasteiger partial charge on any atom is 0.434 e. The third kappa shape index (κ3) is 3.97. The second-order valence-electron chi connectivity index (χ2n) is 8.83. The quantitative estimate of drug-likeness (QED) is 0.609. The summed E-state index contributed by atoms with van der Waals surface area (Å²) in [7, 11) is 0. The molecule has 1 N–H and O–H groups in total. The first kappa shape index (κ1) is 22.2. The molecule has 9 nitrogen and oxygen atoms in total. The van der Waals surface area contributed by atoms with Gasteiger partial charge >= 0.3 is 6.18 Å².